The van der Waals surface area contributed by atoms with Gasteiger partial charge in [0.15, 0.2) is 0 Å². The molecule has 0 saturated heterocycles. The second kappa shape index (κ2) is 4.93. The Balaban J connectivity index is 3.99. The Morgan fingerprint density at radius 1 is 1.58 bits per heavy atom. The van der Waals surface area contributed by atoms with Crippen LogP contribution in [0, 0.1) is 5.92 Å². The lowest BCUT2D eigenvalue weighted by atomic mass is 9.99. The molecule has 3 nitrogen and oxygen atoms in total. The van der Waals surface area contributed by atoms with Crippen LogP contribution >= 0.6 is 0 Å². The molecule has 0 aromatic heterocycles. The third-order valence-electron chi connectivity index (χ3n) is 1.85. The van der Waals surface area contributed by atoms with E-state index >= 15 is 0 Å². The van der Waals surface area contributed by atoms with Gasteiger partial charge in [-0.05, 0) is 6.92 Å². The molecule has 0 bridgehead atoms. The summed E-state index contributed by atoms with van der Waals surface area (Å²) < 4.78 is 0. The van der Waals surface area contributed by atoms with Crippen LogP contribution in [0.25, 0.3) is 0 Å². The molecule has 0 saturated carbocycles. The van der Waals surface area contributed by atoms with Crippen molar-refractivity contribution in [3.8, 4) is 0 Å². The van der Waals surface area contributed by atoms with Gasteiger partial charge in [-0.15, -0.1) is 6.58 Å². The smallest absolute Gasteiger partial charge is 0.217 e. The van der Waals surface area contributed by atoms with Gasteiger partial charge in [0.1, 0.15) is 0 Å². The summed E-state index contributed by atoms with van der Waals surface area (Å²) in [7, 11) is 0. The zero-order valence-electron chi connectivity index (χ0n) is 7.87. The normalized spacial score (nSPS) is 17.7. The maximum absolute atomic E-state index is 10.6. The zero-order valence-corrected chi connectivity index (χ0v) is 7.87. The first-order chi connectivity index (χ1) is 5.49. The molecule has 70 valence electrons. The second-order valence-electron chi connectivity index (χ2n) is 3.07. The molecule has 0 unspecified atom stereocenters. The molecule has 0 aromatic rings. The third kappa shape index (κ3) is 3.53. The first-order valence-electron chi connectivity index (χ1n) is 4.06. The summed E-state index contributed by atoms with van der Waals surface area (Å²) in [6.07, 6.45) is 1.11. The summed E-state index contributed by atoms with van der Waals surface area (Å²) in [5.41, 5.74) is 0. The number of carbonyl (C=O) groups is 1. The number of rotatable bonds is 4. The molecule has 0 fully saturated rings. The molecule has 0 spiro atoms. The zero-order chi connectivity index (χ0) is 9.72. The first kappa shape index (κ1) is 11.2. The Morgan fingerprint density at radius 2 is 2.08 bits per heavy atom. The Labute approximate surface area is 73.5 Å². The lowest BCUT2D eigenvalue weighted by molar-refractivity contribution is -0.120. The third-order valence-corrected chi connectivity index (χ3v) is 1.85. The van der Waals surface area contributed by atoms with Crippen LogP contribution in [0.4, 0.5) is 0 Å². The Hall–Kier alpha value is -0.830. The maximum Gasteiger partial charge on any atom is 0.217 e. The average molecular weight is 171 g/mol. The highest BCUT2D eigenvalue weighted by Gasteiger charge is 2.18. The lowest BCUT2D eigenvalue weighted by Gasteiger charge is -2.22. The van der Waals surface area contributed by atoms with Gasteiger partial charge in [0, 0.05) is 12.8 Å². The van der Waals surface area contributed by atoms with Gasteiger partial charge < -0.3 is 10.4 Å². The second-order valence-corrected chi connectivity index (χ2v) is 3.07. The van der Waals surface area contributed by atoms with E-state index in [1.54, 1.807) is 13.0 Å². The molecule has 0 aliphatic rings. The molecule has 3 atom stereocenters. The standard InChI is InChI=1S/C9H17NO2/c1-5-6(2)9(12)7(3)10-8(4)11/h5-7,9,12H,1H2,2-4H3,(H,10,11)/t6-,7-,9-/m1/s1. The minimum atomic E-state index is -0.564. The van der Waals surface area contributed by atoms with E-state index in [2.05, 4.69) is 11.9 Å². The fourth-order valence-corrected chi connectivity index (χ4v) is 1.00. The van der Waals surface area contributed by atoms with Gasteiger partial charge in [-0.2, -0.15) is 0 Å². The maximum atomic E-state index is 10.6. The van der Waals surface area contributed by atoms with Crippen molar-refractivity contribution in [3.05, 3.63) is 12.7 Å². The average Bonchev–Trinajstić information content (AvgIpc) is 2.00. The quantitative estimate of drug-likeness (QED) is 0.611. The van der Waals surface area contributed by atoms with Crippen molar-refractivity contribution < 1.29 is 9.90 Å². The molecule has 0 heterocycles. The van der Waals surface area contributed by atoms with Crippen LogP contribution in [-0.2, 0) is 4.79 Å². The molecule has 3 heteroatoms. The van der Waals surface area contributed by atoms with Crippen molar-refractivity contribution in [2.24, 2.45) is 5.92 Å². The largest absolute Gasteiger partial charge is 0.390 e. The highest BCUT2D eigenvalue weighted by Crippen LogP contribution is 2.07. The van der Waals surface area contributed by atoms with E-state index in [4.69, 9.17) is 0 Å². The SMILES string of the molecule is C=C[C@@H](C)[C@@H](O)[C@@H](C)NC(C)=O. The van der Waals surface area contributed by atoms with Crippen LogP contribution in [0.2, 0.25) is 0 Å². The van der Waals surface area contributed by atoms with Gasteiger partial charge in [0.05, 0.1) is 12.1 Å². The predicted octanol–water partition coefficient (Wildman–Crippen LogP) is 0.694. The van der Waals surface area contributed by atoms with Crippen LogP contribution in [0.1, 0.15) is 20.8 Å². The first-order valence-corrected chi connectivity index (χ1v) is 4.06. The van der Waals surface area contributed by atoms with Gasteiger partial charge in [-0.25, -0.2) is 0 Å². The van der Waals surface area contributed by atoms with Crippen molar-refractivity contribution in [1.29, 1.82) is 0 Å². The Kier molecular flexibility index (Phi) is 4.59. The van der Waals surface area contributed by atoms with Crippen molar-refractivity contribution >= 4 is 5.91 Å². The van der Waals surface area contributed by atoms with E-state index in [1.165, 1.54) is 6.92 Å². The van der Waals surface area contributed by atoms with Gasteiger partial charge in [0.25, 0.3) is 0 Å². The number of carbonyl (C=O) groups excluding carboxylic acids is 1. The highest BCUT2D eigenvalue weighted by atomic mass is 16.3. The number of amides is 1. The van der Waals surface area contributed by atoms with E-state index in [-0.39, 0.29) is 17.9 Å². The fraction of sp³-hybridized carbons (Fsp3) is 0.667. The summed E-state index contributed by atoms with van der Waals surface area (Å²) in [5, 5.41) is 12.2. The van der Waals surface area contributed by atoms with Gasteiger partial charge in [-0.3, -0.25) is 4.79 Å². The number of hydrogen-bond donors (Lipinski definition) is 2. The molecule has 12 heavy (non-hydrogen) atoms. The lowest BCUT2D eigenvalue weighted by Crippen LogP contribution is -2.42. The van der Waals surface area contributed by atoms with Crippen LogP contribution in [0.5, 0.6) is 0 Å². The molecule has 2 N–H and O–H groups in total. The number of aliphatic hydroxyl groups is 1. The van der Waals surface area contributed by atoms with E-state index in [9.17, 15) is 9.90 Å². The topological polar surface area (TPSA) is 49.3 Å². The van der Waals surface area contributed by atoms with E-state index in [0.717, 1.165) is 0 Å². The molecule has 0 aliphatic heterocycles. The van der Waals surface area contributed by atoms with Crippen molar-refractivity contribution in [1.82, 2.24) is 5.32 Å². The van der Waals surface area contributed by atoms with E-state index in [1.807, 2.05) is 6.92 Å². The Bertz CT molecular complexity index is 168. The van der Waals surface area contributed by atoms with Crippen molar-refractivity contribution in [2.75, 3.05) is 0 Å². The van der Waals surface area contributed by atoms with E-state index in [0.29, 0.717) is 0 Å². The molecule has 0 aliphatic carbocycles. The van der Waals surface area contributed by atoms with Crippen molar-refractivity contribution in [2.45, 2.75) is 32.9 Å². The van der Waals surface area contributed by atoms with Crippen LogP contribution in [-0.4, -0.2) is 23.2 Å². The summed E-state index contributed by atoms with van der Waals surface area (Å²) in [6.45, 7) is 8.63. The van der Waals surface area contributed by atoms with Crippen molar-refractivity contribution in [3.63, 3.8) is 0 Å². The van der Waals surface area contributed by atoms with Crippen LogP contribution < -0.4 is 5.32 Å². The molecule has 0 aromatic carbocycles. The molecule has 0 rings (SSSR count). The molecule has 0 radical (unpaired) electrons. The molecular weight excluding hydrogens is 154 g/mol. The van der Waals surface area contributed by atoms with E-state index < -0.39 is 6.10 Å². The fourth-order valence-electron chi connectivity index (χ4n) is 1.00. The number of aliphatic hydroxyl groups excluding tert-OH is 1. The predicted molar refractivity (Wildman–Crippen MR) is 48.6 cm³/mol. The molecular formula is C9H17NO2. The Morgan fingerprint density at radius 3 is 2.42 bits per heavy atom. The summed E-state index contributed by atoms with van der Waals surface area (Å²) >= 11 is 0. The summed E-state index contributed by atoms with van der Waals surface area (Å²) in [6, 6.07) is -0.226. The molecule has 1 amide bonds. The highest BCUT2D eigenvalue weighted by molar-refractivity contribution is 5.73. The monoisotopic (exact) mass is 171 g/mol. The minimum Gasteiger partial charge on any atom is -0.390 e. The van der Waals surface area contributed by atoms with Gasteiger partial charge in [0.2, 0.25) is 5.91 Å². The van der Waals surface area contributed by atoms with Gasteiger partial charge in [-0.1, -0.05) is 13.0 Å². The summed E-state index contributed by atoms with van der Waals surface area (Å²) in [4.78, 5) is 10.6. The summed E-state index contributed by atoms with van der Waals surface area (Å²) in [5.74, 6) is -0.135. The van der Waals surface area contributed by atoms with Crippen LogP contribution in [0.15, 0.2) is 12.7 Å². The number of nitrogens with one attached hydrogen (secondary N) is 1. The number of hydrogen-bond acceptors (Lipinski definition) is 2. The van der Waals surface area contributed by atoms with Crippen LogP contribution in [0.3, 0.4) is 0 Å². The minimum absolute atomic E-state index is 0.00755. The van der Waals surface area contributed by atoms with Gasteiger partial charge >= 0.3 is 0 Å².